The molecule has 0 saturated carbocycles. The van der Waals surface area contributed by atoms with Crippen molar-refractivity contribution >= 4 is 107 Å². The maximum absolute atomic E-state index is 9.77. The molecular formula is C6H8CaN2O4S4. The van der Waals surface area contributed by atoms with Gasteiger partial charge < -0.3 is 38.8 Å². The summed E-state index contributed by atoms with van der Waals surface area (Å²) in [6, 6.07) is 0. The molecule has 0 unspecified atom stereocenters. The molecule has 0 aliphatic heterocycles. The first-order valence-electron chi connectivity index (χ1n) is 3.48. The average molecular weight is 340 g/mol. The van der Waals surface area contributed by atoms with Gasteiger partial charge in [0, 0.05) is 5.75 Å². The Hall–Kier alpha value is 0.680. The third-order valence-corrected chi connectivity index (χ3v) is 2.68. The zero-order valence-corrected chi connectivity index (χ0v) is 14.0. The van der Waals surface area contributed by atoms with E-state index in [1.807, 2.05) is 0 Å². The molecule has 0 aromatic heterocycles. The predicted octanol–water partition coefficient (Wildman–Crippen LogP) is -1.38. The number of carbonyl (C=O) groups excluding carboxylic acids is 1. The molecule has 0 bridgehead atoms. The van der Waals surface area contributed by atoms with Crippen molar-refractivity contribution in [2.24, 2.45) is 5.73 Å². The number of nitrogens with two attached hydrogens (primary N) is 1. The summed E-state index contributed by atoms with van der Waals surface area (Å²) >= 11 is 10.4. The first-order chi connectivity index (χ1) is 7.25. The summed E-state index contributed by atoms with van der Waals surface area (Å²) in [6.07, 6.45) is 0. The van der Waals surface area contributed by atoms with Crippen LogP contribution in [0.1, 0.15) is 0 Å². The van der Waals surface area contributed by atoms with Crippen LogP contribution >= 0.6 is 35.7 Å². The molecule has 0 fully saturated rings. The summed E-state index contributed by atoms with van der Waals surface area (Å²) in [7, 11) is 0. The summed E-state index contributed by atoms with van der Waals surface area (Å²) in [4.78, 5) is 19.4. The molecule has 0 radical (unpaired) electrons. The minimum atomic E-state index is -1.19. The topological polar surface area (TPSA) is 127 Å². The molecule has 0 aromatic carbocycles. The number of thioether (sulfide) groups is 2. The molecule has 0 rings (SSSR count). The Balaban J connectivity index is -0.000000218. The molecule has 0 aromatic rings. The Morgan fingerprint density at radius 3 is 2.00 bits per heavy atom. The van der Waals surface area contributed by atoms with Crippen LogP contribution in [0.3, 0.4) is 0 Å². The molecule has 0 amide bonds. The summed E-state index contributed by atoms with van der Waals surface area (Å²) in [5, 5.41) is 24.2. The smallest absolute Gasteiger partial charge is 0.754 e. The van der Waals surface area contributed by atoms with Crippen molar-refractivity contribution in [1.29, 1.82) is 5.41 Å². The molecule has 11 heteroatoms. The predicted molar refractivity (Wildman–Crippen MR) is 75.2 cm³/mol. The molecule has 4 N–H and O–H groups in total. The number of nitrogens with one attached hydrogen (secondary N) is 1. The van der Waals surface area contributed by atoms with Gasteiger partial charge in [-0.05, 0) is 0 Å². The van der Waals surface area contributed by atoms with Gasteiger partial charge in [0.25, 0.3) is 0 Å². The van der Waals surface area contributed by atoms with Gasteiger partial charge in [-0.3, -0.25) is 4.79 Å². The van der Waals surface area contributed by atoms with Crippen LogP contribution in [0.5, 0.6) is 0 Å². The third-order valence-electron chi connectivity index (χ3n) is 0.659. The Morgan fingerprint density at radius 2 is 1.88 bits per heavy atom. The van der Waals surface area contributed by atoms with Gasteiger partial charge in [-0.15, -0.1) is 11.8 Å². The number of aliphatic carboxylic acids is 2. The Kier molecular flexibility index (Phi) is 19.8. The number of hydrogen-bond donors (Lipinski definition) is 3. The van der Waals surface area contributed by atoms with Crippen molar-refractivity contribution in [3.05, 3.63) is 0 Å². The van der Waals surface area contributed by atoms with Crippen molar-refractivity contribution in [3.63, 3.8) is 0 Å². The van der Waals surface area contributed by atoms with Crippen LogP contribution in [0.2, 0.25) is 0 Å². The van der Waals surface area contributed by atoms with Crippen molar-refractivity contribution < 1.29 is 19.8 Å². The second-order valence-corrected chi connectivity index (χ2v) is 5.32. The number of carboxylic acids is 2. The minimum Gasteiger partial charge on any atom is -0.754 e. The van der Waals surface area contributed by atoms with Crippen LogP contribution in [-0.4, -0.2) is 75.0 Å². The molecule has 0 aliphatic carbocycles. The summed E-state index contributed by atoms with van der Waals surface area (Å²) in [6.45, 7) is 0. The SMILES string of the molecule is N=C([S-])SCC(=O)[O-].NC(=S)SCC(=O)O.[Ca+2]. The second kappa shape index (κ2) is 14.7. The van der Waals surface area contributed by atoms with E-state index in [0.717, 1.165) is 23.5 Å². The fourth-order valence-corrected chi connectivity index (χ4v) is 1.13. The van der Waals surface area contributed by atoms with Crippen LogP contribution in [0, 0.1) is 5.41 Å². The maximum atomic E-state index is 9.77. The standard InChI is InChI=1S/2C3H5NO2S2.Ca/c2*4-3(7)8-1-2(5)6;/h2*1H2,(H2,4,7)(H,5,6);/q;;+2/p-2. The zero-order chi connectivity index (χ0) is 13.1. The molecule has 0 atom stereocenters. The number of hydrogen-bond acceptors (Lipinski definition) is 8. The van der Waals surface area contributed by atoms with Gasteiger partial charge in [0.05, 0.1) is 11.7 Å². The summed E-state index contributed by atoms with van der Waals surface area (Å²) < 4.78 is 0.0570. The second-order valence-electron chi connectivity index (χ2n) is 1.95. The van der Waals surface area contributed by atoms with Gasteiger partial charge in [0.15, 0.2) is 0 Å². The maximum Gasteiger partial charge on any atom is 2.00 e. The first kappa shape index (κ1) is 22.8. The normalized spacial score (nSPS) is 8.00. The van der Waals surface area contributed by atoms with Crippen LogP contribution < -0.4 is 10.8 Å². The van der Waals surface area contributed by atoms with Gasteiger partial charge in [-0.1, -0.05) is 28.4 Å². The molecule has 0 spiro atoms. The monoisotopic (exact) mass is 340 g/mol. The molecule has 92 valence electrons. The van der Waals surface area contributed by atoms with Crippen molar-refractivity contribution in [1.82, 2.24) is 0 Å². The van der Waals surface area contributed by atoms with Crippen LogP contribution in [-0.2, 0) is 22.2 Å². The molecule has 6 nitrogen and oxygen atoms in total. The van der Waals surface area contributed by atoms with Crippen molar-refractivity contribution in [2.45, 2.75) is 0 Å². The largest absolute Gasteiger partial charge is 2.00 e. The Morgan fingerprint density at radius 1 is 1.41 bits per heavy atom. The molecular weight excluding hydrogens is 332 g/mol. The third kappa shape index (κ3) is 31.5. The first-order valence-corrected chi connectivity index (χ1v) is 6.26. The number of rotatable bonds is 4. The number of carboxylic acid groups (broad SMARTS) is 2. The van der Waals surface area contributed by atoms with Crippen molar-refractivity contribution in [3.8, 4) is 0 Å². The van der Waals surface area contributed by atoms with Gasteiger partial charge in [-0.25, -0.2) is 0 Å². The van der Waals surface area contributed by atoms with E-state index in [2.05, 4.69) is 24.8 Å². The molecule has 0 saturated heterocycles. The van der Waals surface area contributed by atoms with Crippen LogP contribution in [0.15, 0.2) is 0 Å². The quantitative estimate of drug-likeness (QED) is 0.186. The zero-order valence-electron chi connectivity index (χ0n) is 8.50. The summed E-state index contributed by atoms with van der Waals surface area (Å²) in [5.41, 5.74) is 4.97. The van der Waals surface area contributed by atoms with Gasteiger partial charge in [-0.2, -0.15) is 0 Å². The van der Waals surface area contributed by atoms with E-state index < -0.39 is 11.9 Å². The number of carbonyl (C=O) groups is 2. The van der Waals surface area contributed by atoms with Crippen LogP contribution in [0.25, 0.3) is 0 Å². The molecule has 0 aliphatic rings. The van der Waals surface area contributed by atoms with E-state index in [4.69, 9.17) is 16.2 Å². The van der Waals surface area contributed by atoms with Gasteiger partial charge in [0.1, 0.15) is 4.32 Å². The van der Waals surface area contributed by atoms with E-state index in [9.17, 15) is 14.7 Å². The van der Waals surface area contributed by atoms with Gasteiger partial charge >= 0.3 is 43.7 Å². The summed E-state index contributed by atoms with van der Waals surface area (Å²) in [5.74, 6) is -2.36. The van der Waals surface area contributed by atoms with E-state index in [1.165, 1.54) is 0 Å². The van der Waals surface area contributed by atoms with E-state index >= 15 is 0 Å². The van der Waals surface area contributed by atoms with Crippen LogP contribution in [0.4, 0.5) is 0 Å². The molecule has 17 heavy (non-hydrogen) atoms. The minimum absolute atomic E-state index is 0. The fraction of sp³-hybridized carbons (Fsp3) is 0.333. The Bertz CT molecular complexity index is 233. The van der Waals surface area contributed by atoms with E-state index in [1.54, 1.807) is 0 Å². The van der Waals surface area contributed by atoms with Gasteiger partial charge in [0.2, 0.25) is 0 Å². The van der Waals surface area contributed by atoms with Crippen molar-refractivity contribution in [2.75, 3.05) is 11.5 Å². The van der Waals surface area contributed by atoms with E-state index in [0.29, 0.717) is 0 Å². The molecule has 0 heterocycles. The average Bonchev–Trinajstić information content (AvgIpc) is 2.12. The fourth-order valence-electron chi connectivity index (χ4n) is 0.257. The Labute approximate surface area is 147 Å². The number of thiocarbonyl (C=S) groups is 1. The van der Waals surface area contributed by atoms with E-state index in [-0.39, 0.29) is 57.9 Å².